The van der Waals surface area contributed by atoms with E-state index in [0.717, 1.165) is 28.3 Å². The van der Waals surface area contributed by atoms with Crippen molar-refractivity contribution in [2.45, 2.75) is 5.92 Å². The number of rotatable bonds is 7. The second kappa shape index (κ2) is 10.2. The summed E-state index contributed by atoms with van der Waals surface area (Å²) in [5, 5.41) is 14.0. The van der Waals surface area contributed by atoms with Gasteiger partial charge in [0.05, 0.1) is 10.7 Å². The average molecular weight is 477 g/mol. The molecular formula is C26H21ClN2O5. The van der Waals surface area contributed by atoms with Crippen LogP contribution in [-0.2, 0) is 9.53 Å². The molecule has 8 heteroatoms. The van der Waals surface area contributed by atoms with Crippen molar-refractivity contribution >= 4 is 35.3 Å². The second-order valence-electron chi connectivity index (χ2n) is 7.60. The third-order valence-electron chi connectivity index (χ3n) is 5.45. The van der Waals surface area contributed by atoms with E-state index in [1.165, 1.54) is 24.3 Å². The molecule has 0 heterocycles. The highest BCUT2D eigenvalue weighted by atomic mass is 35.5. The van der Waals surface area contributed by atoms with E-state index >= 15 is 0 Å². The number of carboxylic acid groups (broad SMARTS) is 1. The van der Waals surface area contributed by atoms with Crippen molar-refractivity contribution in [2.75, 3.05) is 18.5 Å². The van der Waals surface area contributed by atoms with Gasteiger partial charge in [-0.25, -0.2) is 9.59 Å². The van der Waals surface area contributed by atoms with Crippen molar-refractivity contribution in [1.82, 2.24) is 5.32 Å². The first-order chi connectivity index (χ1) is 16.4. The Kier molecular flexibility index (Phi) is 6.94. The van der Waals surface area contributed by atoms with Gasteiger partial charge < -0.3 is 15.2 Å². The number of benzene rings is 3. The predicted molar refractivity (Wildman–Crippen MR) is 129 cm³/mol. The number of hydrogen-bond donors (Lipinski definition) is 3. The molecule has 0 saturated heterocycles. The molecular weight excluding hydrogens is 456 g/mol. The lowest BCUT2D eigenvalue weighted by molar-refractivity contribution is -0.131. The Morgan fingerprint density at radius 3 is 2.26 bits per heavy atom. The van der Waals surface area contributed by atoms with Crippen LogP contribution in [0.4, 0.5) is 10.5 Å². The Bertz CT molecular complexity index is 1240. The minimum Gasteiger partial charge on any atom is -0.478 e. The van der Waals surface area contributed by atoms with E-state index in [4.69, 9.17) is 21.4 Å². The number of nitrogens with one attached hydrogen (secondary N) is 2. The number of halogens is 1. The summed E-state index contributed by atoms with van der Waals surface area (Å²) in [7, 11) is 0. The molecule has 3 aromatic carbocycles. The number of hydrogen-bond acceptors (Lipinski definition) is 4. The molecule has 0 aliphatic heterocycles. The van der Waals surface area contributed by atoms with E-state index in [1.54, 1.807) is 0 Å². The van der Waals surface area contributed by atoms with Gasteiger partial charge in [0, 0.05) is 24.1 Å². The zero-order chi connectivity index (χ0) is 24.1. The quantitative estimate of drug-likeness (QED) is 0.413. The number of aliphatic carboxylic acids is 1. The zero-order valence-electron chi connectivity index (χ0n) is 18.0. The van der Waals surface area contributed by atoms with E-state index in [0.29, 0.717) is 0 Å². The normalized spacial score (nSPS) is 12.1. The summed E-state index contributed by atoms with van der Waals surface area (Å²) in [4.78, 5) is 35.3. The lowest BCUT2D eigenvalue weighted by atomic mass is 9.98. The number of carboxylic acids is 1. The van der Waals surface area contributed by atoms with Gasteiger partial charge in [-0.05, 0) is 40.5 Å². The van der Waals surface area contributed by atoms with Crippen LogP contribution in [0.25, 0.3) is 11.1 Å². The second-order valence-corrected chi connectivity index (χ2v) is 8.00. The molecule has 0 saturated carbocycles. The van der Waals surface area contributed by atoms with Crippen molar-refractivity contribution in [3.05, 3.63) is 101 Å². The minimum absolute atomic E-state index is 0.0445. The molecule has 2 amide bonds. The average Bonchev–Trinajstić information content (AvgIpc) is 3.15. The van der Waals surface area contributed by atoms with Crippen LogP contribution in [0.3, 0.4) is 0 Å². The number of carbonyl (C=O) groups excluding carboxylic acids is 2. The highest BCUT2D eigenvalue weighted by Crippen LogP contribution is 2.44. The van der Waals surface area contributed by atoms with Crippen LogP contribution in [0.1, 0.15) is 27.4 Å². The standard InChI is InChI=1S/C26H21ClN2O5/c27-22-12-11-16(25(32)28-13-5-10-24(30)31)14-23(22)29-26(33)34-15-21-19-8-3-1-6-17(19)18-7-2-4-9-20(18)21/h1-12,14,21H,13,15H2,(H,28,32)(H,29,33)(H,30,31)/b10-5+. The molecule has 0 unspecified atom stereocenters. The van der Waals surface area contributed by atoms with Crippen molar-refractivity contribution in [1.29, 1.82) is 0 Å². The summed E-state index contributed by atoms with van der Waals surface area (Å²) in [6.07, 6.45) is 1.56. The molecule has 4 rings (SSSR count). The molecule has 0 radical (unpaired) electrons. The summed E-state index contributed by atoms with van der Waals surface area (Å²) in [6, 6.07) is 20.5. The number of anilines is 1. The summed E-state index contributed by atoms with van der Waals surface area (Å²) in [6.45, 7) is 0.191. The first-order valence-corrected chi connectivity index (χ1v) is 10.9. The molecule has 1 aliphatic carbocycles. The molecule has 3 aromatic rings. The summed E-state index contributed by atoms with van der Waals surface area (Å²) >= 11 is 6.19. The van der Waals surface area contributed by atoms with Crippen LogP contribution in [0, 0.1) is 0 Å². The van der Waals surface area contributed by atoms with Crippen LogP contribution in [-0.4, -0.2) is 36.2 Å². The third-order valence-corrected chi connectivity index (χ3v) is 5.78. The fourth-order valence-corrected chi connectivity index (χ4v) is 4.08. The van der Waals surface area contributed by atoms with Crippen LogP contribution >= 0.6 is 11.6 Å². The number of carbonyl (C=O) groups is 3. The number of ether oxygens (including phenoxy) is 1. The van der Waals surface area contributed by atoms with Crippen LogP contribution < -0.4 is 10.6 Å². The van der Waals surface area contributed by atoms with Gasteiger partial charge in [-0.15, -0.1) is 0 Å². The lowest BCUT2D eigenvalue weighted by Crippen LogP contribution is -2.24. The highest BCUT2D eigenvalue weighted by Gasteiger charge is 2.29. The Morgan fingerprint density at radius 2 is 1.62 bits per heavy atom. The van der Waals surface area contributed by atoms with Gasteiger partial charge in [0.25, 0.3) is 5.91 Å². The molecule has 0 atom stereocenters. The minimum atomic E-state index is -1.10. The molecule has 0 fully saturated rings. The first kappa shape index (κ1) is 23.1. The molecule has 172 valence electrons. The fourth-order valence-electron chi connectivity index (χ4n) is 3.92. The molecule has 1 aliphatic rings. The molecule has 34 heavy (non-hydrogen) atoms. The van der Waals surface area contributed by atoms with E-state index in [2.05, 4.69) is 22.8 Å². The van der Waals surface area contributed by atoms with E-state index in [1.807, 2.05) is 36.4 Å². The molecule has 0 aromatic heterocycles. The van der Waals surface area contributed by atoms with Gasteiger partial charge >= 0.3 is 12.1 Å². The maximum Gasteiger partial charge on any atom is 0.411 e. The summed E-state index contributed by atoms with van der Waals surface area (Å²) in [5.41, 5.74) is 4.95. The Balaban J connectivity index is 1.40. The zero-order valence-corrected chi connectivity index (χ0v) is 18.7. The molecule has 0 spiro atoms. The largest absolute Gasteiger partial charge is 0.478 e. The predicted octanol–water partition coefficient (Wildman–Crippen LogP) is 5.07. The van der Waals surface area contributed by atoms with Crippen LogP contribution in [0.5, 0.6) is 0 Å². The Morgan fingerprint density at radius 1 is 0.971 bits per heavy atom. The molecule has 0 bridgehead atoms. The van der Waals surface area contributed by atoms with Gasteiger partial charge in [0.15, 0.2) is 0 Å². The third kappa shape index (κ3) is 5.10. The van der Waals surface area contributed by atoms with Crippen molar-refractivity contribution in [3.63, 3.8) is 0 Å². The summed E-state index contributed by atoms with van der Waals surface area (Å²) in [5.74, 6) is -1.62. The van der Waals surface area contributed by atoms with Gasteiger partial charge in [-0.3, -0.25) is 10.1 Å². The van der Waals surface area contributed by atoms with Crippen LogP contribution in [0.15, 0.2) is 78.9 Å². The SMILES string of the molecule is O=C(O)/C=C/CNC(=O)c1ccc(Cl)c(NC(=O)OCC2c3ccccc3-c3ccccc32)c1. The lowest BCUT2D eigenvalue weighted by Gasteiger charge is -2.15. The number of fused-ring (bicyclic) bond motifs is 3. The molecule has 7 nitrogen and oxygen atoms in total. The van der Waals surface area contributed by atoms with Gasteiger partial charge in [-0.1, -0.05) is 66.2 Å². The monoisotopic (exact) mass is 476 g/mol. The van der Waals surface area contributed by atoms with Gasteiger partial charge in [0.2, 0.25) is 0 Å². The van der Waals surface area contributed by atoms with E-state index < -0.39 is 18.0 Å². The Labute approximate surface area is 201 Å². The smallest absolute Gasteiger partial charge is 0.411 e. The highest BCUT2D eigenvalue weighted by molar-refractivity contribution is 6.33. The fraction of sp³-hybridized carbons (Fsp3) is 0.115. The maximum atomic E-state index is 12.5. The van der Waals surface area contributed by atoms with Crippen molar-refractivity contribution < 1.29 is 24.2 Å². The molecule has 3 N–H and O–H groups in total. The van der Waals surface area contributed by atoms with Crippen LogP contribution in [0.2, 0.25) is 5.02 Å². The van der Waals surface area contributed by atoms with E-state index in [-0.39, 0.29) is 35.3 Å². The van der Waals surface area contributed by atoms with Gasteiger partial charge in [0.1, 0.15) is 6.61 Å². The van der Waals surface area contributed by atoms with Crippen molar-refractivity contribution in [3.8, 4) is 11.1 Å². The topological polar surface area (TPSA) is 105 Å². The number of amides is 2. The first-order valence-electron chi connectivity index (χ1n) is 10.5. The summed E-state index contributed by atoms with van der Waals surface area (Å²) < 4.78 is 5.53. The maximum absolute atomic E-state index is 12.5. The van der Waals surface area contributed by atoms with Gasteiger partial charge in [-0.2, -0.15) is 0 Å². The van der Waals surface area contributed by atoms with Crippen molar-refractivity contribution in [2.24, 2.45) is 0 Å². The Hall–Kier alpha value is -4.10. The van der Waals surface area contributed by atoms with E-state index in [9.17, 15) is 14.4 Å².